The van der Waals surface area contributed by atoms with E-state index >= 15 is 0 Å². The molecular formula is C16H24Cl2N2O2. The van der Waals surface area contributed by atoms with Crippen LogP contribution in [0.25, 0.3) is 0 Å². The second-order valence-corrected chi connectivity index (χ2v) is 5.78. The number of anilines is 1. The number of nitrogens with zero attached hydrogens (tertiary/aromatic N) is 1. The molecule has 0 aliphatic rings. The summed E-state index contributed by atoms with van der Waals surface area (Å²) < 4.78 is 4.75. The fourth-order valence-corrected chi connectivity index (χ4v) is 2.85. The molecule has 1 atom stereocenters. The van der Waals surface area contributed by atoms with Gasteiger partial charge in [-0.05, 0) is 37.2 Å². The van der Waals surface area contributed by atoms with Crippen LogP contribution >= 0.6 is 23.2 Å². The first kappa shape index (κ1) is 19.1. The van der Waals surface area contributed by atoms with Gasteiger partial charge in [0, 0.05) is 36.6 Å². The van der Waals surface area contributed by atoms with Crippen molar-refractivity contribution < 1.29 is 9.53 Å². The van der Waals surface area contributed by atoms with Crippen molar-refractivity contribution in [2.24, 2.45) is 0 Å². The van der Waals surface area contributed by atoms with Crippen LogP contribution in [-0.4, -0.2) is 45.0 Å². The number of halogens is 2. The van der Waals surface area contributed by atoms with Crippen LogP contribution in [0, 0.1) is 6.92 Å². The van der Waals surface area contributed by atoms with Gasteiger partial charge in [0.1, 0.15) is 0 Å². The van der Waals surface area contributed by atoms with Crippen molar-refractivity contribution in [3.05, 3.63) is 29.3 Å². The molecule has 1 unspecified atom stereocenters. The van der Waals surface area contributed by atoms with Gasteiger partial charge in [-0.15, -0.1) is 23.2 Å². The third-order valence-electron chi connectivity index (χ3n) is 3.65. The first-order valence-corrected chi connectivity index (χ1v) is 8.35. The highest BCUT2D eigenvalue weighted by atomic mass is 35.5. The molecule has 0 heterocycles. The Labute approximate surface area is 142 Å². The Bertz CT molecular complexity index is 477. The average molecular weight is 347 g/mol. The lowest BCUT2D eigenvalue weighted by molar-refractivity contribution is -0.141. The summed E-state index contributed by atoms with van der Waals surface area (Å²) >= 11 is 11.7. The van der Waals surface area contributed by atoms with Crippen molar-refractivity contribution in [1.29, 1.82) is 0 Å². The summed E-state index contributed by atoms with van der Waals surface area (Å²) in [6.07, 6.45) is 0.306. The molecule has 6 heteroatoms. The molecule has 124 valence electrons. The maximum absolute atomic E-state index is 11.5. The number of carbonyl (C=O) groups excluding carboxylic acids is 1. The van der Waals surface area contributed by atoms with E-state index < -0.39 is 0 Å². The summed E-state index contributed by atoms with van der Waals surface area (Å²) in [7, 11) is 3.25. The van der Waals surface area contributed by atoms with E-state index in [0.717, 1.165) is 29.9 Å². The quantitative estimate of drug-likeness (QED) is 0.551. The lowest BCUT2D eigenvalue weighted by atomic mass is 9.98. The molecular weight excluding hydrogens is 323 g/mol. The third-order valence-corrected chi connectivity index (χ3v) is 3.99. The number of carbonyl (C=O) groups is 1. The number of hydrogen-bond acceptors (Lipinski definition) is 4. The average Bonchev–Trinajstić information content (AvgIpc) is 2.52. The minimum Gasteiger partial charge on any atom is -0.469 e. The summed E-state index contributed by atoms with van der Waals surface area (Å²) in [6, 6.07) is 6.14. The number of hydrogen-bond donors (Lipinski definition) is 1. The van der Waals surface area contributed by atoms with Crippen LogP contribution in [0.1, 0.15) is 23.6 Å². The molecule has 0 saturated heterocycles. The van der Waals surface area contributed by atoms with Crippen LogP contribution in [0.2, 0.25) is 0 Å². The number of aryl methyl sites for hydroxylation is 1. The van der Waals surface area contributed by atoms with Crippen molar-refractivity contribution >= 4 is 34.9 Å². The molecule has 1 aromatic carbocycles. The van der Waals surface area contributed by atoms with Crippen LogP contribution in [0.5, 0.6) is 0 Å². The van der Waals surface area contributed by atoms with Gasteiger partial charge in [-0.2, -0.15) is 0 Å². The Morgan fingerprint density at radius 3 is 2.41 bits per heavy atom. The first-order valence-electron chi connectivity index (χ1n) is 7.28. The number of methoxy groups -OCH3 is 1. The van der Waals surface area contributed by atoms with Crippen molar-refractivity contribution in [2.45, 2.75) is 19.4 Å². The number of esters is 1. The van der Waals surface area contributed by atoms with Crippen molar-refractivity contribution in [3.8, 4) is 0 Å². The highest BCUT2D eigenvalue weighted by molar-refractivity contribution is 6.18. The van der Waals surface area contributed by atoms with Gasteiger partial charge < -0.3 is 15.0 Å². The highest BCUT2D eigenvalue weighted by Crippen LogP contribution is 2.25. The van der Waals surface area contributed by atoms with Crippen LogP contribution in [-0.2, 0) is 9.53 Å². The van der Waals surface area contributed by atoms with E-state index in [-0.39, 0.29) is 12.0 Å². The Hall–Kier alpha value is -0.970. The lowest BCUT2D eigenvalue weighted by Crippen LogP contribution is -2.28. The molecule has 0 fully saturated rings. The number of alkyl halides is 2. The molecule has 0 radical (unpaired) electrons. The van der Waals surface area contributed by atoms with Gasteiger partial charge in [0.05, 0.1) is 13.5 Å². The zero-order valence-electron chi connectivity index (χ0n) is 13.4. The zero-order chi connectivity index (χ0) is 16.5. The molecule has 0 saturated carbocycles. The summed E-state index contributed by atoms with van der Waals surface area (Å²) in [5.74, 6) is 0.881. The summed E-state index contributed by atoms with van der Waals surface area (Å²) in [5.41, 5.74) is 3.30. The largest absolute Gasteiger partial charge is 0.469 e. The van der Waals surface area contributed by atoms with Gasteiger partial charge in [0.25, 0.3) is 0 Å². The lowest BCUT2D eigenvalue weighted by Gasteiger charge is -2.25. The molecule has 1 aromatic rings. The van der Waals surface area contributed by atoms with E-state index in [2.05, 4.69) is 16.3 Å². The van der Waals surface area contributed by atoms with E-state index in [1.807, 2.05) is 26.1 Å². The highest BCUT2D eigenvalue weighted by Gasteiger charge is 2.17. The SMILES string of the molecule is CNC(CC(=O)OC)c1ccc(N(CCCl)CCCl)cc1C. The minimum absolute atomic E-state index is 0.0593. The van der Waals surface area contributed by atoms with E-state index in [4.69, 9.17) is 27.9 Å². The first-order chi connectivity index (χ1) is 10.6. The van der Waals surface area contributed by atoms with Crippen molar-refractivity contribution in [3.63, 3.8) is 0 Å². The summed E-state index contributed by atoms with van der Waals surface area (Å²) in [5, 5.41) is 3.17. The normalized spacial score (nSPS) is 12.0. The van der Waals surface area contributed by atoms with Gasteiger partial charge in [-0.3, -0.25) is 4.79 Å². The maximum Gasteiger partial charge on any atom is 0.307 e. The number of nitrogens with one attached hydrogen (secondary N) is 1. The molecule has 0 aromatic heterocycles. The van der Waals surface area contributed by atoms with Gasteiger partial charge >= 0.3 is 5.97 Å². The topological polar surface area (TPSA) is 41.6 Å². The molecule has 0 bridgehead atoms. The Morgan fingerprint density at radius 2 is 1.95 bits per heavy atom. The monoisotopic (exact) mass is 346 g/mol. The van der Waals surface area contributed by atoms with Crippen LogP contribution < -0.4 is 10.2 Å². The predicted octanol–water partition coefficient (Wildman–Crippen LogP) is 3.10. The van der Waals surface area contributed by atoms with Crippen molar-refractivity contribution in [2.75, 3.05) is 43.9 Å². The van der Waals surface area contributed by atoms with E-state index in [1.54, 1.807) is 0 Å². The molecule has 0 amide bonds. The molecule has 22 heavy (non-hydrogen) atoms. The second-order valence-electron chi connectivity index (χ2n) is 5.03. The van der Waals surface area contributed by atoms with E-state index in [0.29, 0.717) is 18.2 Å². The molecule has 4 nitrogen and oxygen atoms in total. The van der Waals surface area contributed by atoms with Gasteiger partial charge in [0.2, 0.25) is 0 Å². The summed E-state index contributed by atoms with van der Waals surface area (Å²) in [4.78, 5) is 13.7. The van der Waals surface area contributed by atoms with Gasteiger partial charge in [-0.1, -0.05) is 6.07 Å². The fourth-order valence-electron chi connectivity index (χ4n) is 2.44. The number of rotatable bonds is 9. The zero-order valence-corrected chi connectivity index (χ0v) is 14.9. The molecule has 0 spiro atoms. The van der Waals surface area contributed by atoms with E-state index in [9.17, 15) is 4.79 Å². The van der Waals surface area contributed by atoms with Crippen LogP contribution in [0.3, 0.4) is 0 Å². The van der Waals surface area contributed by atoms with Gasteiger partial charge in [0.15, 0.2) is 0 Å². The van der Waals surface area contributed by atoms with Gasteiger partial charge in [-0.25, -0.2) is 0 Å². The Morgan fingerprint density at radius 1 is 1.32 bits per heavy atom. The van der Waals surface area contributed by atoms with E-state index in [1.165, 1.54) is 7.11 Å². The fraction of sp³-hybridized carbons (Fsp3) is 0.562. The predicted molar refractivity (Wildman–Crippen MR) is 93.3 cm³/mol. The smallest absolute Gasteiger partial charge is 0.307 e. The standard InChI is InChI=1S/C16H24Cl2N2O2/c1-12-10-13(20(8-6-17)9-7-18)4-5-14(12)15(19-2)11-16(21)22-3/h4-5,10,15,19H,6-9,11H2,1-3H3. The second kappa shape index (κ2) is 9.93. The van der Waals surface area contributed by atoms with Crippen LogP contribution in [0.4, 0.5) is 5.69 Å². The number of benzene rings is 1. The Balaban J connectivity index is 2.97. The van der Waals surface area contributed by atoms with Crippen LogP contribution in [0.15, 0.2) is 18.2 Å². The third kappa shape index (κ3) is 5.34. The van der Waals surface area contributed by atoms with Crippen molar-refractivity contribution in [1.82, 2.24) is 5.32 Å². The number of ether oxygens (including phenoxy) is 1. The molecule has 1 rings (SSSR count). The molecule has 1 N–H and O–H groups in total. The minimum atomic E-state index is -0.228. The molecule has 0 aliphatic heterocycles. The maximum atomic E-state index is 11.5. The molecule has 0 aliphatic carbocycles. The summed E-state index contributed by atoms with van der Waals surface area (Å²) in [6.45, 7) is 3.55. The Kier molecular flexibility index (Phi) is 8.61.